The molecule has 0 nitrogen and oxygen atoms in total. The molecule has 0 radical (unpaired) electrons. The average Bonchev–Trinajstić information content (AvgIpc) is 2.60. The lowest BCUT2D eigenvalue weighted by Crippen LogP contribution is -2.08. The van der Waals surface area contributed by atoms with E-state index in [4.69, 9.17) is 0 Å². The Balaban J connectivity index is 2.09. The predicted molar refractivity (Wildman–Crippen MR) is 109 cm³/mol. The van der Waals surface area contributed by atoms with Crippen molar-refractivity contribution in [1.82, 2.24) is 0 Å². The molecule has 0 unspecified atom stereocenters. The second kappa shape index (κ2) is 10.8. The summed E-state index contributed by atoms with van der Waals surface area (Å²) in [5.41, 5.74) is 0. The van der Waals surface area contributed by atoms with Gasteiger partial charge in [0.05, 0.1) is 0 Å². The molecule has 126 valence electrons. The van der Waals surface area contributed by atoms with Crippen LogP contribution in [0.1, 0.15) is 65.2 Å². The first-order valence-corrected chi connectivity index (χ1v) is 11.3. The molecule has 1 heteroatoms. The molecule has 0 fully saturated rings. The van der Waals surface area contributed by atoms with Crippen molar-refractivity contribution >= 4 is 24.0 Å². The van der Waals surface area contributed by atoms with Crippen LogP contribution in [0, 0.1) is 0 Å². The van der Waals surface area contributed by atoms with E-state index in [1.807, 2.05) is 0 Å². The third-order valence-electron chi connectivity index (χ3n) is 4.67. The molecule has 0 N–H and O–H groups in total. The highest BCUT2D eigenvalue weighted by Crippen LogP contribution is 2.39. The summed E-state index contributed by atoms with van der Waals surface area (Å²) in [5, 5.41) is 4.58. The maximum absolute atomic E-state index is 2.41. The van der Waals surface area contributed by atoms with Gasteiger partial charge in [0.25, 0.3) is 0 Å². The number of rotatable bonds is 11. The van der Waals surface area contributed by atoms with Crippen molar-refractivity contribution in [3.05, 3.63) is 42.5 Å². The van der Waals surface area contributed by atoms with Gasteiger partial charge in [-0.05, 0) is 41.2 Å². The molecule has 23 heavy (non-hydrogen) atoms. The van der Waals surface area contributed by atoms with Crippen LogP contribution in [0.5, 0.6) is 0 Å². The van der Waals surface area contributed by atoms with Gasteiger partial charge >= 0.3 is 0 Å². The summed E-state index contributed by atoms with van der Waals surface area (Å²) in [6.45, 7) is 4.61. The van der Waals surface area contributed by atoms with Gasteiger partial charge in [0.15, 0.2) is 0 Å². The van der Waals surface area contributed by atoms with Crippen LogP contribution in [-0.4, -0.2) is 12.3 Å². The van der Waals surface area contributed by atoms with E-state index in [1.165, 1.54) is 74.5 Å². The average molecular weight is 328 g/mol. The zero-order valence-corrected chi connectivity index (χ0v) is 16.0. The van der Waals surface area contributed by atoms with Crippen LogP contribution in [0.15, 0.2) is 42.5 Å². The summed E-state index contributed by atoms with van der Waals surface area (Å²) in [7, 11) is 0.0112. The zero-order valence-electron chi connectivity index (χ0n) is 15.1. The van der Waals surface area contributed by atoms with E-state index >= 15 is 0 Å². The van der Waals surface area contributed by atoms with E-state index in [-0.39, 0.29) is 7.92 Å². The Hall–Kier alpha value is -0.870. The van der Waals surface area contributed by atoms with Crippen LogP contribution in [0.25, 0.3) is 10.8 Å². The maximum Gasteiger partial charge on any atom is -0.0107 e. The maximum atomic E-state index is 2.41. The first-order valence-electron chi connectivity index (χ1n) is 9.59. The number of hydrogen-bond acceptors (Lipinski definition) is 0. The summed E-state index contributed by atoms with van der Waals surface area (Å²) in [6.07, 6.45) is 14.0. The fraction of sp³-hybridized carbons (Fsp3) is 0.545. The fourth-order valence-corrected chi connectivity index (χ4v) is 6.05. The van der Waals surface area contributed by atoms with Gasteiger partial charge in [-0.25, -0.2) is 0 Å². The van der Waals surface area contributed by atoms with Gasteiger partial charge in [-0.15, -0.1) is 0 Å². The Labute approximate surface area is 144 Å². The largest absolute Gasteiger partial charge is 0.0746 e. The zero-order chi connectivity index (χ0) is 16.3. The van der Waals surface area contributed by atoms with Crippen molar-refractivity contribution in [3.63, 3.8) is 0 Å². The lowest BCUT2D eigenvalue weighted by molar-refractivity contribution is 0.697. The molecule has 0 spiro atoms. The molecule has 0 aromatic heterocycles. The van der Waals surface area contributed by atoms with E-state index in [2.05, 4.69) is 56.3 Å². The summed E-state index contributed by atoms with van der Waals surface area (Å²) in [6, 6.07) is 15.9. The molecular weight excluding hydrogens is 295 g/mol. The summed E-state index contributed by atoms with van der Waals surface area (Å²) >= 11 is 0. The number of fused-ring (bicyclic) bond motifs is 1. The molecular formula is C22H33P. The quantitative estimate of drug-likeness (QED) is 0.304. The molecule has 0 saturated carbocycles. The van der Waals surface area contributed by atoms with Gasteiger partial charge in [0.1, 0.15) is 0 Å². The summed E-state index contributed by atoms with van der Waals surface area (Å²) < 4.78 is 0. The Bertz CT molecular complexity index is 543. The van der Waals surface area contributed by atoms with Crippen molar-refractivity contribution < 1.29 is 0 Å². The Morgan fingerprint density at radius 1 is 0.652 bits per heavy atom. The van der Waals surface area contributed by atoms with Crippen molar-refractivity contribution in [1.29, 1.82) is 0 Å². The molecule has 0 aliphatic rings. The molecule has 0 aliphatic carbocycles. The topological polar surface area (TPSA) is 0 Å². The highest BCUT2D eigenvalue weighted by atomic mass is 31.1. The monoisotopic (exact) mass is 328 g/mol. The number of unbranched alkanes of at least 4 members (excludes halogenated alkanes) is 6. The minimum absolute atomic E-state index is 0.0112. The molecule has 2 aromatic carbocycles. The smallest absolute Gasteiger partial charge is 0.0107 e. The third kappa shape index (κ3) is 5.92. The van der Waals surface area contributed by atoms with Crippen molar-refractivity contribution in [2.24, 2.45) is 0 Å². The third-order valence-corrected chi connectivity index (χ3v) is 7.45. The second-order valence-corrected chi connectivity index (χ2v) is 9.06. The van der Waals surface area contributed by atoms with Crippen LogP contribution in [0.3, 0.4) is 0 Å². The van der Waals surface area contributed by atoms with Crippen molar-refractivity contribution in [3.8, 4) is 0 Å². The van der Waals surface area contributed by atoms with Crippen LogP contribution in [0.2, 0.25) is 0 Å². The van der Waals surface area contributed by atoms with Crippen LogP contribution < -0.4 is 5.30 Å². The summed E-state index contributed by atoms with van der Waals surface area (Å²) in [5.74, 6) is 0. The van der Waals surface area contributed by atoms with E-state index in [9.17, 15) is 0 Å². The molecule has 0 aliphatic heterocycles. The number of benzene rings is 2. The number of hydrogen-bond donors (Lipinski definition) is 0. The first-order chi connectivity index (χ1) is 11.4. The van der Waals surface area contributed by atoms with Gasteiger partial charge < -0.3 is 0 Å². The van der Waals surface area contributed by atoms with E-state index in [0.29, 0.717) is 0 Å². The Kier molecular flexibility index (Phi) is 8.69. The van der Waals surface area contributed by atoms with E-state index in [0.717, 1.165) is 0 Å². The first kappa shape index (κ1) is 18.5. The lowest BCUT2D eigenvalue weighted by Gasteiger charge is -2.20. The van der Waals surface area contributed by atoms with Crippen LogP contribution in [-0.2, 0) is 0 Å². The van der Waals surface area contributed by atoms with Crippen molar-refractivity contribution in [2.75, 3.05) is 12.3 Å². The van der Waals surface area contributed by atoms with Gasteiger partial charge in [-0.3, -0.25) is 0 Å². The fourth-order valence-electron chi connectivity index (χ4n) is 3.30. The summed E-state index contributed by atoms with van der Waals surface area (Å²) in [4.78, 5) is 0. The van der Waals surface area contributed by atoms with E-state index < -0.39 is 0 Å². The molecule has 0 atom stereocenters. The van der Waals surface area contributed by atoms with Crippen LogP contribution in [0.4, 0.5) is 0 Å². The van der Waals surface area contributed by atoms with Gasteiger partial charge in [0, 0.05) is 0 Å². The lowest BCUT2D eigenvalue weighted by atomic mass is 10.1. The van der Waals surface area contributed by atoms with Crippen molar-refractivity contribution in [2.45, 2.75) is 65.2 Å². The highest BCUT2D eigenvalue weighted by molar-refractivity contribution is 7.66. The Morgan fingerprint density at radius 2 is 1.26 bits per heavy atom. The molecule has 0 amide bonds. The van der Waals surface area contributed by atoms with Gasteiger partial charge in [-0.2, -0.15) is 0 Å². The molecule has 0 bridgehead atoms. The standard InChI is InChI=1S/C22H33P/c1-3-5-7-11-18-23(19-12-8-6-4-2)22-17-13-15-20-14-9-10-16-21(20)22/h9-10,13-17H,3-8,11-12,18-19H2,1-2H3. The minimum Gasteiger partial charge on any atom is -0.0746 e. The molecule has 2 aromatic rings. The normalized spacial score (nSPS) is 11.4. The Morgan fingerprint density at radius 3 is 1.91 bits per heavy atom. The predicted octanol–water partition coefficient (Wildman–Crippen LogP) is 7.11. The minimum atomic E-state index is 0.0112. The molecule has 2 rings (SSSR count). The van der Waals surface area contributed by atoms with Gasteiger partial charge in [0.2, 0.25) is 0 Å². The van der Waals surface area contributed by atoms with Crippen LogP contribution >= 0.6 is 7.92 Å². The second-order valence-electron chi connectivity index (χ2n) is 6.61. The van der Waals surface area contributed by atoms with E-state index in [1.54, 1.807) is 5.30 Å². The van der Waals surface area contributed by atoms with Gasteiger partial charge in [-0.1, -0.05) is 103 Å². The molecule has 0 saturated heterocycles. The molecule has 0 heterocycles. The SMILES string of the molecule is CCCCCCP(CCCCCC)c1cccc2ccccc12. The highest BCUT2D eigenvalue weighted by Gasteiger charge is 2.13.